The number of carbonyl (C=O) groups is 1. The van der Waals surface area contributed by atoms with E-state index in [4.69, 9.17) is 23.2 Å². The molecule has 0 bridgehead atoms. The number of benzene rings is 2. The van der Waals surface area contributed by atoms with Crippen molar-refractivity contribution in [2.45, 2.75) is 0 Å². The van der Waals surface area contributed by atoms with E-state index in [-0.39, 0.29) is 44.2 Å². The smallest absolute Gasteiger partial charge is 0.187 e. The molecule has 8 heteroatoms. The van der Waals surface area contributed by atoms with Gasteiger partial charge < -0.3 is 10.2 Å². The van der Waals surface area contributed by atoms with Crippen LogP contribution >= 0.6 is 23.2 Å². The zero-order valence-corrected chi connectivity index (χ0v) is 16.1. The molecule has 1 aliphatic rings. The molecule has 0 saturated carbocycles. The molecule has 2 N–H and O–H groups in total. The number of ketones is 1. The van der Waals surface area contributed by atoms with E-state index in [1.807, 2.05) is 0 Å². The Morgan fingerprint density at radius 2 is 1.22 bits per heavy atom. The normalized spacial score (nSPS) is 19.6. The third-order valence-corrected chi connectivity index (χ3v) is 6.07. The first-order valence-corrected chi connectivity index (χ1v) is 10.4. The van der Waals surface area contributed by atoms with Crippen LogP contribution in [-0.4, -0.2) is 35.9 Å². The lowest BCUT2D eigenvalue weighted by atomic mass is 10.0. The molecule has 0 unspecified atom stereocenters. The second-order valence-electron chi connectivity index (χ2n) is 6.12. The minimum Gasteiger partial charge on any atom is -0.506 e. The Morgan fingerprint density at radius 1 is 0.815 bits per heavy atom. The summed E-state index contributed by atoms with van der Waals surface area (Å²) in [6.07, 6.45) is 2.89. The van der Waals surface area contributed by atoms with Gasteiger partial charge in [-0.25, -0.2) is 8.42 Å². The topological polar surface area (TPSA) is 91.7 Å². The number of carbonyl (C=O) groups excluding carboxylic acids is 1. The van der Waals surface area contributed by atoms with E-state index in [1.54, 1.807) is 0 Å². The maximum atomic E-state index is 12.8. The molecule has 2 aromatic rings. The Bertz CT molecular complexity index is 1020. The maximum absolute atomic E-state index is 12.8. The minimum absolute atomic E-state index is 0.102. The van der Waals surface area contributed by atoms with Crippen LogP contribution in [-0.2, 0) is 14.6 Å². The van der Waals surface area contributed by atoms with Crippen LogP contribution < -0.4 is 0 Å². The summed E-state index contributed by atoms with van der Waals surface area (Å²) < 4.78 is 24.5. The van der Waals surface area contributed by atoms with E-state index in [1.165, 1.54) is 48.6 Å². The van der Waals surface area contributed by atoms with Crippen LogP contribution in [0.1, 0.15) is 11.1 Å². The standard InChI is InChI=1S/C19H14Cl2O5S/c20-15-7-11(1-3-17(15)22)5-13-9-27(25,26)10-14(19(13)24)6-12-2-4-18(23)16(21)8-12/h1-8,22-23H,9-10H2/b13-5+,14-6+. The van der Waals surface area contributed by atoms with Gasteiger partial charge in [0, 0.05) is 11.1 Å². The van der Waals surface area contributed by atoms with Crippen molar-refractivity contribution < 1.29 is 23.4 Å². The lowest BCUT2D eigenvalue weighted by Gasteiger charge is -2.17. The molecule has 0 amide bonds. The molecule has 0 spiro atoms. The summed E-state index contributed by atoms with van der Waals surface area (Å²) in [7, 11) is -3.51. The van der Waals surface area contributed by atoms with Crippen LogP contribution in [0.3, 0.4) is 0 Å². The summed E-state index contributed by atoms with van der Waals surface area (Å²) in [4.78, 5) is 12.8. The summed E-state index contributed by atoms with van der Waals surface area (Å²) >= 11 is 11.7. The van der Waals surface area contributed by atoms with Gasteiger partial charge in [0.1, 0.15) is 11.5 Å². The largest absolute Gasteiger partial charge is 0.506 e. The van der Waals surface area contributed by atoms with Crippen LogP contribution in [0.4, 0.5) is 0 Å². The molecular weight excluding hydrogens is 411 g/mol. The Kier molecular flexibility index (Phi) is 5.33. The highest BCUT2D eigenvalue weighted by Gasteiger charge is 2.30. The summed E-state index contributed by atoms with van der Waals surface area (Å²) in [5.41, 5.74) is 1.23. The molecule has 0 aliphatic carbocycles. The van der Waals surface area contributed by atoms with Crippen LogP contribution in [0.5, 0.6) is 11.5 Å². The van der Waals surface area contributed by atoms with E-state index in [0.717, 1.165) is 0 Å². The fourth-order valence-electron chi connectivity index (χ4n) is 2.70. The second-order valence-corrected chi connectivity index (χ2v) is 9.00. The number of halogens is 2. The summed E-state index contributed by atoms with van der Waals surface area (Å²) in [5.74, 6) is -1.36. The number of hydrogen-bond donors (Lipinski definition) is 2. The Balaban J connectivity index is 2.02. The van der Waals surface area contributed by atoms with Crippen molar-refractivity contribution in [3.8, 4) is 11.5 Å². The highest BCUT2D eigenvalue weighted by atomic mass is 35.5. The molecule has 0 aromatic heterocycles. The molecule has 0 atom stereocenters. The monoisotopic (exact) mass is 424 g/mol. The van der Waals surface area contributed by atoms with Crippen molar-refractivity contribution in [2.24, 2.45) is 0 Å². The molecule has 1 aliphatic heterocycles. The number of phenols is 2. The zero-order valence-electron chi connectivity index (χ0n) is 13.8. The molecule has 5 nitrogen and oxygen atoms in total. The quantitative estimate of drug-likeness (QED) is 0.713. The van der Waals surface area contributed by atoms with Gasteiger partial charge in [0.15, 0.2) is 15.6 Å². The molecule has 0 radical (unpaired) electrons. The molecule has 1 saturated heterocycles. The van der Waals surface area contributed by atoms with Gasteiger partial charge in [-0.2, -0.15) is 0 Å². The first-order valence-electron chi connectivity index (χ1n) is 7.78. The number of rotatable bonds is 2. The Morgan fingerprint density at radius 3 is 1.59 bits per heavy atom. The van der Waals surface area contributed by atoms with Gasteiger partial charge in [-0.15, -0.1) is 0 Å². The van der Waals surface area contributed by atoms with E-state index < -0.39 is 15.6 Å². The first-order chi connectivity index (χ1) is 12.6. The molecule has 1 fully saturated rings. The van der Waals surface area contributed by atoms with Crippen molar-refractivity contribution in [1.29, 1.82) is 0 Å². The highest BCUT2D eigenvalue weighted by Crippen LogP contribution is 2.29. The lowest BCUT2D eigenvalue weighted by Crippen LogP contribution is -2.28. The van der Waals surface area contributed by atoms with Crippen LogP contribution in [0.2, 0.25) is 10.0 Å². The summed E-state index contributed by atoms with van der Waals surface area (Å²) in [6.45, 7) is 0. The minimum atomic E-state index is -3.51. The van der Waals surface area contributed by atoms with Crippen molar-refractivity contribution in [2.75, 3.05) is 11.5 Å². The van der Waals surface area contributed by atoms with E-state index in [2.05, 4.69) is 0 Å². The number of Topliss-reactive ketones (excluding diaryl/α,β-unsaturated/α-hetero) is 1. The van der Waals surface area contributed by atoms with Gasteiger partial charge in [0.05, 0.1) is 21.6 Å². The van der Waals surface area contributed by atoms with E-state index in [0.29, 0.717) is 11.1 Å². The van der Waals surface area contributed by atoms with E-state index >= 15 is 0 Å². The first kappa shape index (κ1) is 19.5. The summed E-state index contributed by atoms with van der Waals surface area (Å²) in [5, 5.41) is 19.2. The average Bonchev–Trinajstić information content (AvgIpc) is 2.58. The highest BCUT2D eigenvalue weighted by molar-refractivity contribution is 7.92. The SMILES string of the molecule is O=C1/C(=C/c2ccc(O)c(Cl)c2)CS(=O)(=O)C/C1=C\c1ccc(O)c(Cl)c1. The van der Waals surface area contributed by atoms with Crippen molar-refractivity contribution in [1.82, 2.24) is 0 Å². The maximum Gasteiger partial charge on any atom is 0.187 e. The molecular formula is C19H14Cl2O5S. The van der Waals surface area contributed by atoms with Crippen LogP contribution in [0, 0.1) is 0 Å². The van der Waals surface area contributed by atoms with Gasteiger partial charge in [-0.1, -0.05) is 35.3 Å². The summed E-state index contributed by atoms with van der Waals surface area (Å²) in [6, 6.07) is 8.69. The Labute approximate surface area is 166 Å². The molecule has 27 heavy (non-hydrogen) atoms. The van der Waals surface area contributed by atoms with Crippen molar-refractivity contribution in [3.05, 3.63) is 68.7 Å². The van der Waals surface area contributed by atoms with Gasteiger partial charge in [-0.05, 0) is 47.5 Å². The van der Waals surface area contributed by atoms with Crippen LogP contribution in [0.15, 0.2) is 47.5 Å². The third-order valence-electron chi connectivity index (χ3n) is 3.96. The molecule has 3 rings (SSSR count). The van der Waals surface area contributed by atoms with Crippen molar-refractivity contribution in [3.63, 3.8) is 0 Å². The average molecular weight is 425 g/mol. The molecule has 2 aromatic carbocycles. The fraction of sp³-hybridized carbons (Fsp3) is 0.105. The van der Waals surface area contributed by atoms with Crippen LogP contribution in [0.25, 0.3) is 12.2 Å². The third kappa shape index (κ3) is 4.53. The fourth-order valence-corrected chi connectivity index (χ4v) is 4.56. The Hall–Kier alpha value is -2.28. The number of hydrogen-bond acceptors (Lipinski definition) is 5. The zero-order chi connectivity index (χ0) is 19.8. The van der Waals surface area contributed by atoms with Gasteiger partial charge in [0.25, 0.3) is 0 Å². The molecule has 140 valence electrons. The number of phenolic OH excluding ortho intramolecular Hbond substituents is 2. The number of aromatic hydroxyl groups is 2. The van der Waals surface area contributed by atoms with Gasteiger partial charge in [-0.3, -0.25) is 4.79 Å². The molecule has 1 heterocycles. The van der Waals surface area contributed by atoms with Crippen molar-refractivity contribution >= 4 is 51.0 Å². The second kappa shape index (κ2) is 7.38. The van der Waals surface area contributed by atoms with Gasteiger partial charge >= 0.3 is 0 Å². The predicted molar refractivity (Wildman–Crippen MR) is 106 cm³/mol. The lowest BCUT2D eigenvalue weighted by molar-refractivity contribution is -0.112. The number of sulfone groups is 1. The predicted octanol–water partition coefficient (Wildman–Crippen LogP) is 3.87. The van der Waals surface area contributed by atoms with Gasteiger partial charge in [0.2, 0.25) is 0 Å². The van der Waals surface area contributed by atoms with E-state index in [9.17, 15) is 23.4 Å².